The Bertz CT molecular complexity index is 1790. The van der Waals surface area contributed by atoms with Gasteiger partial charge in [-0.15, -0.1) is 0 Å². The lowest BCUT2D eigenvalue weighted by atomic mass is 9.97. The third-order valence-electron chi connectivity index (χ3n) is 7.60. The third kappa shape index (κ3) is 3.54. The molecule has 0 saturated carbocycles. The van der Waals surface area contributed by atoms with E-state index in [1.165, 1.54) is 43.5 Å². The van der Waals surface area contributed by atoms with E-state index in [2.05, 4.69) is 134 Å². The Morgan fingerprint density at radius 3 is 1.84 bits per heavy atom. The molecule has 1 aliphatic rings. The summed E-state index contributed by atoms with van der Waals surface area (Å²) in [7, 11) is -2.06. The molecule has 7 rings (SSSR count). The first-order chi connectivity index (χ1) is 18.1. The normalized spacial score (nSPS) is 13.4. The van der Waals surface area contributed by atoms with Gasteiger partial charge in [0.2, 0.25) is 0 Å². The highest BCUT2D eigenvalue weighted by Gasteiger charge is 2.41. The average Bonchev–Trinajstić information content (AvgIpc) is 3.18. The molecular formula is C34H26N2Si. The Hall–Kier alpha value is -4.34. The van der Waals surface area contributed by atoms with Crippen molar-refractivity contribution >= 4 is 29.4 Å². The van der Waals surface area contributed by atoms with Gasteiger partial charge >= 0.3 is 0 Å². The molecule has 3 heteroatoms. The topological polar surface area (TPSA) is 25.8 Å². The van der Waals surface area contributed by atoms with Gasteiger partial charge in [0, 0.05) is 22.0 Å². The first-order valence-electron chi connectivity index (χ1n) is 12.8. The molecule has 0 aliphatic carbocycles. The highest BCUT2D eigenvalue weighted by molar-refractivity contribution is 7.03. The zero-order valence-corrected chi connectivity index (χ0v) is 21.9. The van der Waals surface area contributed by atoms with Crippen molar-refractivity contribution in [2.45, 2.75) is 13.1 Å². The van der Waals surface area contributed by atoms with E-state index in [0.717, 1.165) is 22.6 Å². The fourth-order valence-electron chi connectivity index (χ4n) is 5.66. The zero-order chi connectivity index (χ0) is 25.0. The summed E-state index contributed by atoms with van der Waals surface area (Å²) in [6.45, 7) is 4.86. The van der Waals surface area contributed by atoms with Crippen molar-refractivity contribution in [3.63, 3.8) is 0 Å². The number of hydrogen-bond donors (Lipinski definition) is 0. The molecule has 1 aliphatic heterocycles. The van der Waals surface area contributed by atoms with Gasteiger partial charge in [-0.3, -0.25) is 0 Å². The average molecular weight is 491 g/mol. The van der Waals surface area contributed by atoms with Crippen LogP contribution in [0.2, 0.25) is 13.1 Å². The van der Waals surface area contributed by atoms with Gasteiger partial charge in [0.25, 0.3) is 0 Å². The number of benzene rings is 5. The van der Waals surface area contributed by atoms with Gasteiger partial charge in [0.05, 0.1) is 5.69 Å². The minimum absolute atomic E-state index is 0.799. The van der Waals surface area contributed by atoms with Crippen LogP contribution in [0.1, 0.15) is 0 Å². The van der Waals surface area contributed by atoms with Crippen LogP contribution in [-0.4, -0.2) is 18.0 Å². The lowest BCUT2D eigenvalue weighted by Crippen LogP contribution is -2.51. The van der Waals surface area contributed by atoms with Crippen LogP contribution in [0.5, 0.6) is 0 Å². The Morgan fingerprint density at radius 1 is 0.514 bits per heavy atom. The van der Waals surface area contributed by atoms with Crippen LogP contribution >= 0.6 is 0 Å². The van der Waals surface area contributed by atoms with Crippen molar-refractivity contribution in [1.82, 2.24) is 9.97 Å². The summed E-state index contributed by atoms with van der Waals surface area (Å²) in [5, 5.41) is 5.23. The molecule has 1 aromatic heterocycles. The molecule has 0 spiro atoms. The third-order valence-corrected chi connectivity index (χ3v) is 10.9. The monoisotopic (exact) mass is 490 g/mol. The van der Waals surface area contributed by atoms with Gasteiger partial charge in [-0.1, -0.05) is 122 Å². The highest BCUT2D eigenvalue weighted by atomic mass is 28.3. The van der Waals surface area contributed by atoms with Gasteiger partial charge in [-0.05, 0) is 44.8 Å². The van der Waals surface area contributed by atoms with E-state index in [9.17, 15) is 0 Å². The summed E-state index contributed by atoms with van der Waals surface area (Å²) in [6.07, 6.45) is 0. The Labute approximate surface area is 218 Å². The smallest absolute Gasteiger partial charge is 0.159 e. The number of rotatable bonds is 3. The highest BCUT2D eigenvalue weighted by Crippen LogP contribution is 2.38. The van der Waals surface area contributed by atoms with Crippen LogP contribution < -0.4 is 10.5 Å². The Kier molecular flexibility index (Phi) is 4.95. The molecule has 176 valence electrons. The summed E-state index contributed by atoms with van der Waals surface area (Å²) in [5.41, 5.74) is 8.09. The van der Waals surface area contributed by atoms with E-state index in [4.69, 9.17) is 9.97 Å². The molecular weight excluding hydrogens is 464 g/mol. The Morgan fingerprint density at radius 2 is 1.11 bits per heavy atom. The molecule has 0 unspecified atom stereocenters. The molecule has 0 N–H and O–H groups in total. The summed E-state index contributed by atoms with van der Waals surface area (Å²) in [4.78, 5) is 10.6. The van der Waals surface area contributed by atoms with E-state index in [1.54, 1.807) is 0 Å². The van der Waals surface area contributed by atoms with E-state index < -0.39 is 8.07 Å². The molecule has 5 aromatic carbocycles. The van der Waals surface area contributed by atoms with Gasteiger partial charge < -0.3 is 0 Å². The second-order valence-corrected chi connectivity index (χ2v) is 14.6. The number of fused-ring (bicyclic) bond motifs is 4. The molecule has 2 heterocycles. The summed E-state index contributed by atoms with van der Waals surface area (Å²) >= 11 is 0. The Balaban J connectivity index is 1.50. The number of hydrogen-bond acceptors (Lipinski definition) is 2. The molecule has 37 heavy (non-hydrogen) atoms. The summed E-state index contributed by atoms with van der Waals surface area (Å²) in [5.74, 6) is 0.799. The molecule has 0 amide bonds. The lowest BCUT2D eigenvalue weighted by molar-refractivity contribution is 1.21. The largest absolute Gasteiger partial charge is 0.237 e. The SMILES string of the molecule is C[Si]1(C)c2cc3ccccc3cc2-c2c(-c3ccccc3)nc(-c3cccc(-c4ccccc4)c3)nc21. The van der Waals surface area contributed by atoms with Crippen LogP contribution in [0.15, 0.2) is 121 Å². The maximum atomic E-state index is 5.35. The van der Waals surface area contributed by atoms with Gasteiger partial charge in [-0.2, -0.15) is 0 Å². The number of aromatic nitrogens is 2. The zero-order valence-electron chi connectivity index (χ0n) is 20.9. The predicted octanol–water partition coefficient (Wildman–Crippen LogP) is 7.43. The second-order valence-electron chi connectivity index (χ2n) is 10.3. The molecule has 0 radical (unpaired) electrons. The number of nitrogens with zero attached hydrogens (tertiary/aromatic N) is 2. The van der Waals surface area contributed by atoms with E-state index >= 15 is 0 Å². The van der Waals surface area contributed by atoms with Crippen LogP contribution in [0.25, 0.3) is 55.7 Å². The van der Waals surface area contributed by atoms with Crippen LogP contribution in [0.3, 0.4) is 0 Å². The summed E-state index contributed by atoms with van der Waals surface area (Å²) < 4.78 is 0. The van der Waals surface area contributed by atoms with Crippen molar-refractivity contribution in [3.05, 3.63) is 121 Å². The van der Waals surface area contributed by atoms with Gasteiger partial charge in [0.1, 0.15) is 8.07 Å². The van der Waals surface area contributed by atoms with Crippen molar-refractivity contribution < 1.29 is 0 Å². The van der Waals surface area contributed by atoms with E-state index in [-0.39, 0.29) is 0 Å². The van der Waals surface area contributed by atoms with E-state index in [1.807, 2.05) is 0 Å². The maximum Gasteiger partial charge on any atom is 0.159 e. The molecule has 0 saturated heterocycles. The molecule has 0 fully saturated rings. The molecule has 6 aromatic rings. The van der Waals surface area contributed by atoms with Crippen molar-refractivity contribution in [2.75, 3.05) is 0 Å². The standard InChI is InChI=1S/C34H26N2Si/c1-37(2)30-22-27-17-10-9-16-26(27)21-29(30)31-32(24-14-7-4-8-15-24)35-33(36-34(31)37)28-19-11-18-25(20-28)23-12-5-3-6-13-23/h3-22H,1-2H3. The summed E-state index contributed by atoms with van der Waals surface area (Å²) in [6, 6.07) is 43.1. The molecule has 2 nitrogen and oxygen atoms in total. The quantitative estimate of drug-likeness (QED) is 0.241. The lowest BCUT2D eigenvalue weighted by Gasteiger charge is -2.19. The van der Waals surface area contributed by atoms with Crippen molar-refractivity contribution in [3.8, 4) is 44.9 Å². The minimum Gasteiger partial charge on any atom is -0.237 e. The fraction of sp³-hybridized carbons (Fsp3) is 0.0588. The van der Waals surface area contributed by atoms with Crippen molar-refractivity contribution in [1.29, 1.82) is 0 Å². The maximum absolute atomic E-state index is 5.35. The van der Waals surface area contributed by atoms with Crippen LogP contribution in [0, 0.1) is 0 Å². The molecule has 0 atom stereocenters. The second kappa shape index (κ2) is 8.36. The molecule has 0 bridgehead atoms. The first-order valence-corrected chi connectivity index (χ1v) is 15.8. The predicted molar refractivity (Wildman–Crippen MR) is 158 cm³/mol. The fourth-order valence-corrected chi connectivity index (χ4v) is 8.57. The minimum atomic E-state index is -2.06. The van der Waals surface area contributed by atoms with Gasteiger partial charge in [0.15, 0.2) is 5.82 Å². The van der Waals surface area contributed by atoms with Crippen LogP contribution in [0.4, 0.5) is 0 Å². The van der Waals surface area contributed by atoms with Crippen molar-refractivity contribution in [2.24, 2.45) is 0 Å². The van der Waals surface area contributed by atoms with Gasteiger partial charge in [-0.25, -0.2) is 9.97 Å². The first kappa shape index (κ1) is 21.9. The van der Waals surface area contributed by atoms with E-state index in [0.29, 0.717) is 0 Å². The van der Waals surface area contributed by atoms with Crippen LogP contribution in [-0.2, 0) is 0 Å².